The molecule has 0 saturated heterocycles. The molecule has 0 atom stereocenters. The van der Waals surface area contributed by atoms with Crippen LogP contribution in [0.1, 0.15) is 23.1 Å². The van der Waals surface area contributed by atoms with Crippen LogP contribution in [-0.2, 0) is 13.6 Å². The fourth-order valence-electron chi connectivity index (χ4n) is 1.98. The molecule has 0 radical (unpaired) electrons. The van der Waals surface area contributed by atoms with Crippen molar-refractivity contribution in [2.75, 3.05) is 5.32 Å². The van der Waals surface area contributed by atoms with Crippen LogP contribution in [0.3, 0.4) is 0 Å². The summed E-state index contributed by atoms with van der Waals surface area (Å²) in [4.78, 5) is 12.1. The third-order valence-corrected chi connectivity index (χ3v) is 3.23. The van der Waals surface area contributed by atoms with Gasteiger partial charge in [0.15, 0.2) is 0 Å². The van der Waals surface area contributed by atoms with Crippen molar-refractivity contribution in [1.29, 1.82) is 0 Å². The number of aromatic nitrogens is 6. The van der Waals surface area contributed by atoms with E-state index in [1.54, 1.807) is 21.6 Å². The summed E-state index contributed by atoms with van der Waals surface area (Å²) in [6, 6.07) is 3.47. The van der Waals surface area contributed by atoms with Crippen LogP contribution in [0, 0.1) is 6.92 Å². The quantitative estimate of drug-likeness (QED) is 0.777. The minimum Gasteiger partial charge on any atom is -0.401 e. The second-order valence-corrected chi connectivity index (χ2v) is 4.69. The molecule has 0 spiro atoms. The highest BCUT2D eigenvalue weighted by Gasteiger charge is 2.17. The molecule has 9 heteroatoms. The third kappa shape index (κ3) is 2.48. The maximum atomic E-state index is 12.1. The van der Waals surface area contributed by atoms with Gasteiger partial charge in [0.1, 0.15) is 11.4 Å². The van der Waals surface area contributed by atoms with E-state index < -0.39 is 0 Å². The van der Waals surface area contributed by atoms with E-state index in [9.17, 15) is 4.79 Å². The van der Waals surface area contributed by atoms with Crippen LogP contribution in [0.4, 0.5) is 6.01 Å². The predicted octanol–water partition coefficient (Wildman–Crippen LogP) is 1.25. The van der Waals surface area contributed by atoms with E-state index >= 15 is 0 Å². The number of anilines is 1. The first kappa shape index (κ1) is 14.0. The molecule has 0 saturated carbocycles. The van der Waals surface area contributed by atoms with Gasteiger partial charge in [-0.1, -0.05) is 5.10 Å². The molecule has 0 fully saturated rings. The highest BCUT2D eigenvalue weighted by atomic mass is 16.4. The minimum atomic E-state index is -0.355. The van der Waals surface area contributed by atoms with Crippen molar-refractivity contribution in [2.45, 2.75) is 20.4 Å². The zero-order valence-electron chi connectivity index (χ0n) is 12.4. The summed E-state index contributed by atoms with van der Waals surface area (Å²) in [7, 11) is 1.82. The molecule has 3 aromatic rings. The molecule has 22 heavy (non-hydrogen) atoms. The predicted molar refractivity (Wildman–Crippen MR) is 77.1 cm³/mol. The van der Waals surface area contributed by atoms with Crippen LogP contribution >= 0.6 is 0 Å². The van der Waals surface area contributed by atoms with Crippen molar-refractivity contribution < 1.29 is 9.21 Å². The molecule has 1 amide bonds. The average Bonchev–Trinajstić information content (AvgIpc) is 3.20. The van der Waals surface area contributed by atoms with Crippen LogP contribution < -0.4 is 5.32 Å². The Hall–Kier alpha value is -2.97. The Morgan fingerprint density at radius 3 is 2.91 bits per heavy atom. The topological polar surface area (TPSA) is 104 Å². The maximum Gasteiger partial charge on any atom is 0.322 e. The summed E-state index contributed by atoms with van der Waals surface area (Å²) in [5, 5.41) is 18.5. The number of rotatable bonds is 4. The van der Waals surface area contributed by atoms with Crippen LogP contribution in [0.25, 0.3) is 11.6 Å². The van der Waals surface area contributed by atoms with E-state index in [1.807, 2.05) is 27.0 Å². The monoisotopic (exact) mass is 301 g/mol. The van der Waals surface area contributed by atoms with Gasteiger partial charge in [-0.3, -0.25) is 19.5 Å². The highest BCUT2D eigenvalue weighted by molar-refractivity contribution is 6.01. The Balaban J connectivity index is 1.78. The lowest BCUT2D eigenvalue weighted by Crippen LogP contribution is -2.17. The van der Waals surface area contributed by atoms with Crippen molar-refractivity contribution in [3.05, 3.63) is 29.7 Å². The van der Waals surface area contributed by atoms with Crippen LogP contribution in [0.15, 0.2) is 22.7 Å². The Bertz CT molecular complexity index is 795. The first-order chi connectivity index (χ1) is 10.6. The van der Waals surface area contributed by atoms with Crippen molar-refractivity contribution >= 4 is 11.9 Å². The largest absolute Gasteiger partial charge is 0.401 e. The van der Waals surface area contributed by atoms with Gasteiger partial charge in [-0.15, -0.1) is 5.10 Å². The second kappa shape index (κ2) is 5.43. The summed E-state index contributed by atoms with van der Waals surface area (Å²) in [5.41, 5.74) is 1.95. The zero-order chi connectivity index (χ0) is 15.7. The van der Waals surface area contributed by atoms with E-state index in [1.165, 1.54) is 0 Å². The van der Waals surface area contributed by atoms with E-state index in [0.717, 1.165) is 5.69 Å². The van der Waals surface area contributed by atoms with E-state index in [-0.39, 0.29) is 17.8 Å². The Labute approximate surface area is 125 Å². The molecule has 0 aliphatic carbocycles. The molecule has 3 rings (SSSR count). The fourth-order valence-corrected chi connectivity index (χ4v) is 1.98. The first-order valence-corrected chi connectivity index (χ1v) is 6.76. The van der Waals surface area contributed by atoms with E-state index in [2.05, 4.69) is 25.7 Å². The smallest absolute Gasteiger partial charge is 0.322 e. The molecule has 3 aromatic heterocycles. The molecule has 0 aliphatic rings. The third-order valence-electron chi connectivity index (χ3n) is 3.23. The Kier molecular flexibility index (Phi) is 3.45. The van der Waals surface area contributed by atoms with Gasteiger partial charge in [0, 0.05) is 25.5 Å². The SMILES string of the molecule is CCn1nccc1C(=O)Nc1nnc(-c2cc(C)n(C)n2)o1. The number of carbonyl (C=O) groups excluding carboxylic acids is 1. The second-order valence-electron chi connectivity index (χ2n) is 4.69. The number of nitrogens with one attached hydrogen (secondary N) is 1. The van der Waals surface area contributed by atoms with Crippen LogP contribution in [0.2, 0.25) is 0 Å². The molecule has 0 bridgehead atoms. The number of nitrogens with zero attached hydrogens (tertiary/aromatic N) is 6. The molecular weight excluding hydrogens is 286 g/mol. The minimum absolute atomic E-state index is 0.0205. The summed E-state index contributed by atoms with van der Waals surface area (Å²) in [5.74, 6) is -0.102. The molecule has 0 unspecified atom stereocenters. The molecule has 3 heterocycles. The van der Waals surface area contributed by atoms with E-state index in [0.29, 0.717) is 17.9 Å². The number of hydrogen-bond acceptors (Lipinski definition) is 6. The lowest BCUT2D eigenvalue weighted by molar-refractivity contribution is 0.101. The van der Waals surface area contributed by atoms with Gasteiger partial charge in [0.05, 0.1) is 0 Å². The fraction of sp³-hybridized carbons (Fsp3) is 0.308. The zero-order valence-corrected chi connectivity index (χ0v) is 12.4. The highest BCUT2D eigenvalue weighted by Crippen LogP contribution is 2.19. The number of carbonyl (C=O) groups is 1. The van der Waals surface area contributed by atoms with Gasteiger partial charge in [0.2, 0.25) is 0 Å². The first-order valence-electron chi connectivity index (χ1n) is 6.76. The van der Waals surface area contributed by atoms with Gasteiger partial charge in [0.25, 0.3) is 11.8 Å². The van der Waals surface area contributed by atoms with Gasteiger partial charge >= 0.3 is 6.01 Å². The molecule has 114 valence electrons. The summed E-state index contributed by atoms with van der Waals surface area (Å²) in [6.45, 7) is 4.41. The van der Waals surface area contributed by atoms with Gasteiger partial charge in [-0.25, -0.2) is 0 Å². The summed E-state index contributed by atoms with van der Waals surface area (Å²) < 4.78 is 8.70. The Morgan fingerprint density at radius 1 is 1.41 bits per heavy atom. The van der Waals surface area contributed by atoms with Crippen molar-refractivity contribution in [3.63, 3.8) is 0 Å². The average molecular weight is 301 g/mol. The lowest BCUT2D eigenvalue weighted by atomic mass is 10.4. The lowest BCUT2D eigenvalue weighted by Gasteiger charge is -2.02. The van der Waals surface area contributed by atoms with Gasteiger partial charge in [-0.2, -0.15) is 10.2 Å². The molecular formula is C13H15N7O2. The van der Waals surface area contributed by atoms with Crippen LogP contribution in [-0.4, -0.2) is 35.7 Å². The van der Waals surface area contributed by atoms with Gasteiger partial charge in [-0.05, 0) is 26.0 Å². The molecule has 0 aliphatic heterocycles. The van der Waals surface area contributed by atoms with Crippen LogP contribution in [0.5, 0.6) is 0 Å². The van der Waals surface area contributed by atoms with Crippen molar-refractivity contribution in [2.24, 2.45) is 7.05 Å². The maximum absolute atomic E-state index is 12.1. The summed E-state index contributed by atoms with van der Waals surface area (Å²) in [6.07, 6.45) is 1.56. The van der Waals surface area contributed by atoms with Crippen molar-refractivity contribution in [3.8, 4) is 11.6 Å². The molecule has 1 N–H and O–H groups in total. The molecule has 0 aromatic carbocycles. The Morgan fingerprint density at radius 2 is 2.23 bits per heavy atom. The molecule has 9 nitrogen and oxygen atoms in total. The normalized spacial score (nSPS) is 10.9. The van der Waals surface area contributed by atoms with Crippen molar-refractivity contribution in [1.82, 2.24) is 29.8 Å². The standard InChI is InChI=1S/C13H15N7O2/c1-4-20-10(5-6-14-20)11(21)15-13-17-16-12(22-13)9-7-8(2)19(3)18-9/h5-7H,4H2,1-3H3,(H,15,17,21). The number of aryl methyl sites for hydroxylation is 3. The number of hydrogen-bond donors (Lipinski definition) is 1. The van der Waals surface area contributed by atoms with E-state index in [4.69, 9.17) is 4.42 Å². The number of amides is 1. The summed E-state index contributed by atoms with van der Waals surface area (Å²) >= 11 is 0. The van der Waals surface area contributed by atoms with Gasteiger partial charge < -0.3 is 4.42 Å².